The second kappa shape index (κ2) is 8.24. The summed E-state index contributed by atoms with van der Waals surface area (Å²) in [6.07, 6.45) is 0. The number of amides is 2. The van der Waals surface area contributed by atoms with Gasteiger partial charge in [-0.05, 0) is 47.9 Å². The Labute approximate surface area is 141 Å². The van der Waals surface area contributed by atoms with Gasteiger partial charge in [0, 0.05) is 24.2 Å². The Bertz CT molecular complexity index is 694. The first-order chi connectivity index (χ1) is 11.5. The lowest BCUT2D eigenvalue weighted by Crippen LogP contribution is -2.27. The molecule has 0 fully saturated rings. The summed E-state index contributed by atoms with van der Waals surface area (Å²) in [6, 6.07) is 12.4. The molecule has 2 N–H and O–H groups in total. The average molecular weight is 328 g/mol. The highest BCUT2D eigenvalue weighted by molar-refractivity contribution is 5.97. The minimum atomic E-state index is -0.309. The van der Waals surface area contributed by atoms with Crippen molar-refractivity contribution in [2.24, 2.45) is 5.92 Å². The van der Waals surface area contributed by atoms with Crippen LogP contribution in [0.25, 0.3) is 0 Å². The van der Waals surface area contributed by atoms with Crippen LogP contribution >= 0.6 is 0 Å². The fraction of sp³-hybridized carbons (Fsp3) is 0.263. The standard InChI is InChI=1S/C19H21FN2O2/c1-13(2)11-21-18(23)15-5-7-16(8-6-15)19(24)22-12-14-3-9-17(20)10-4-14/h3-10,13H,11-12H2,1-2H3,(H,21,23)(H,22,24). The van der Waals surface area contributed by atoms with E-state index in [1.54, 1.807) is 36.4 Å². The summed E-state index contributed by atoms with van der Waals surface area (Å²) in [7, 11) is 0. The maximum atomic E-state index is 12.8. The first-order valence-corrected chi connectivity index (χ1v) is 7.86. The quantitative estimate of drug-likeness (QED) is 0.856. The molecule has 0 atom stereocenters. The van der Waals surface area contributed by atoms with Crippen LogP contribution in [0.5, 0.6) is 0 Å². The topological polar surface area (TPSA) is 58.2 Å². The van der Waals surface area contributed by atoms with Crippen molar-refractivity contribution in [1.29, 1.82) is 0 Å². The lowest BCUT2D eigenvalue weighted by atomic mass is 10.1. The van der Waals surface area contributed by atoms with Gasteiger partial charge in [0.15, 0.2) is 0 Å². The first kappa shape index (κ1) is 17.7. The average Bonchev–Trinajstić information content (AvgIpc) is 2.59. The van der Waals surface area contributed by atoms with Crippen molar-refractivity contribution in [3.05, 3.63) is 71.0 Å². The van der Waals surface area contributed by atoms with Crippen molar-refractivity contribution < 1.29 is 14.0 Å². The summed E-state index contributed by atoms with van der Waals surface area (Å²) >= 11 is 0. The maximum Gasteiger partial charge on any atom is 0.251 e. The van der Waals surface area contributed by atoms with Gasteiger partial charge in [0.1, 0.15) is 5.82 Å². The molecule has 5 heteroatoms. The van der Waals surface area contributed by atoms with E-state index in [1.165, 1.54) is 12.1 Å². The largest absolute Gasteiger partial charge is 0.352 e. The SMILES string of the molecule is CC(C)CNC(=O)c1ccc(C(=O)NCc2ccc(F)cc2)cc1. The lowest BCUT2D eigenvalue weighted by molar-refractivity contribution is 0.0938. The fourth-order valence-electron chi connectivity index (χ4n) is 2.06. The van der Waals surface area contributed by atoms with E-state index < -0.39 is 0 Å². The predicted octanol–water partition coefficient (Wildman–Crippen LogP) is 3.14. The van der Waals surface area contributed by atoms with Crippen LogP contribution < -0.4 is 10.6 Å². The summed E-state index contributed by atoms with van der Waals surface area (Å²) in [6.45, 7) is 4.97. The third-order valence-electron chi connectivity index (χ3n) is 3.45. The maximum absolute atomic E-state index is 12.8. The Kier molecular flexibility index (Phi) is 6.07. The van der Waals surface area contributed by atoms with Crippen LogP contribution in [0.3, 0.4) is 0 Å². The molecular formula is C19H21FN2O2. The molecule has 0 aliphatic carbocycles. The molecule has 2 aromatic carbocycles. The van der Waals surface area contributed by atoms with Gasteiger partial charge < -0.3 is 10.6 Å². The lowest BCUT2D eigenvalue weighted by Gasteiger charge is -2.09. The molecule has 0 aromatic heterocycles. The summed E-state index contributed by atoms with van der Waals surface area (Å²) in [5, 5.41) is 5.59. The van der Waals surface area contributed by atoms with Crippen LogP contribution in [0, 0.1) is 11.7 Å². The van der Waals surface area contributed by atoms with Crippen LogP contribution in [0.15, 0.2) is 48.5 Å². The molecule has 0 aliphatic rings. The minimum Gasteiger partial charge on any atom is -0.352 e. The molecule has 0 bridgehead atoms. The Hall–Kier alpha value is -2.69. The molecular weight excluding hydrogens is 307 g/mol. The van der Waals surface area contributed by atoms with Crippen LogP contribution in [-0.2, 0) is 6.54 Å². The van der Waals surface area contributed by atoms with Crippen molar-refractivity contribution in [2.45, 2.75) is 20.4 Å². The van der Waals surface area contributed by atoms with Gasteiger partial charge in [-0.15, -0.1) is 0 Å². The monoisotopic (exact) mass is 328 g/mol. The molecule has 24 heavy (non-hydrogen) atoms. The number of nitrogens with one attached hydrogen (secondary N) is 2. The highest BCUT2D eigenvalue weighted by Gasteiger charge is 2.09. The third kappa shape index (κ3) is 5.19. The van der Waals surface area contributed by atoms with E-state index in [-0.39, 0.29) is 17.6 Å². The van der Waals surface area contributed by atoms with E-state index in [0.717, 1.165) is 5.56 Å². The van der Waals surface area contributed by atoms with Gasteiger partial charge in [0.25, 0.3) is 11.8 Å². The van der Waals surface area contributed by atoms with E-state index in [1.807, 2.05) is 13.8 Å². The molecule has 2 rings (SSSR count). The van der Waals surface area contributed by atoms with Gasteiger partial charge in [-0.3, -0.25) is 9.59 Å². The number of carbonyl (C=O) groups is 2. The van der Waals surface area contributed by atoms with Crippen molar-refractivity contribution >= 4 is 11.8 Å². The summed E-state index contributed by atoms with van der Waals surface area (Å²) in [5.74, 6) is -0.322. The zero-order valence-electron chi connectivity index (χ0n) is 13.8. The Balaban J connectivity index is 1.91. The van der Waals surface area contributed by atoms with Crippen LogP contribution in [0.1, 0.15) is 40.1 Å². The van der Waals surface area contributed by atoms with Crippen LogP contribution in [0.4, 0.5) is 4.39 Å². The molecule has 0 saturated carbocycles. The number of hydrogen-bond donors (Lipinski definition) is 2. The fourth-order valence-corrected chi connectivity index (χ4v) is 2.06. The Morgan fingerprint density at radius 2 is 1.38 bits per heavy atom. The molecule has 0 aliphatic heterocycles. The third-order valence-corrected chi connectivity index (χ3v) is 3.45. The number of carbonyl (C=O) groups excluding carboxylic acids is 2. The summed E-state index contributed by atoms with van der Waals surface area (Å²) in [5.41, 5.74) is 1.80. The molecule has 0 spiro atoms. The van der Waals surface area contributed by atoms with Crippen LogP contribution in [0.2, 0.25) is 0 Å². The van der Waals surface area contributed by atoms with E-state index in [0.29, 0.717) is 30.1 Å². The van der Waals surface area contributed by atoms with Gasteiger partial charge in [0.2, 0.25) is 0 Å². The van der Waals surface area contributed by atoms with Gasteiger partial charge >= 0.3 is 0 Å². The molecule has 2 amide bonds. The van der Waals surface area contributed by atoms with Crippen molar-refractivity contribution in [2.75, 3.05) is 6.54 Å². The van der Waals surface area contributed by atoms with E-state index in [4.69, 9.17) is 0 Å². The summed E-state index contributed by atoms with van der Waals surface area (Å²) in [4.78, 5) is 24.0. The van der Waals surface area contributed by atoms with Gasteiger partial charge in [-0.2, -0.15) is 0 Å². The Morgan fingerprint density at radius 1 is 0.875 bits per heavy atom. The highest BCUT2D eigenvalue weighted by atomic mass is 19.1. The normalized spacial score (nSPS) is 10.5. The minimum absolute atomic E-state index is 0.151. The first-order valence-electron chi connectivity index (χ1n) is 7.86. The zero-order valence-corrected chi connectivity index (χ0v) is 13.8. The number of halogens is 1. The van der Waals surface area contributed by atoms with Gasteiger partial charge in [-0.1, -0.05) is 26.0 Å². The van der Waals surface area contributed by atoms with Gasteiger partial charge in [-0.25, -0.2) is 4.39 Å². The predicted molar refractivity (Wildman–Crippen MR) is 91.2 cm³/mol. The molecule has 126 valence electrons. The number of rotatable bonds is 6. The number of benzene rings is 2. The molecule has 0 saturated heterocycles. The second-order valence-electron chi connectivity index (χ2n) is 5.99. The van der Waals surface area contributed by atoms with E-state index in [2.05, 4.69) is 10.6 Å². The molecule has 0 unspecified atom stereocenters. The molecule has 2 aromatic rings. The summed E-state index contributed by atoms with van der Waals surface area (Å²) < 4.78 is 12.8. The van der Waals surface area contributed by atoms with Crippen molar-refractivity contribution in [3.8, 4) is 0 Å². The molecule has 0 heterocycles. The van der Waals surface area contributed by atoms with E-state index >= 15 is 0 Å². The smallest absolute Gasteiger partial charge is 0.251 e. The van der Waals surface area contributed by atoms with Gasteiger partial charge in [0.05, 0.1) is 0 Å². The Morgan fingerprint density at radius 3 is 1.88 bits per heavy atom. The molecule has 4 nitrogen and oxygen atoms in total. The highest BCUT2D eigenvalue weighted by Crippen LogP contribution is 2.06. The molecule has 0 radical (unpaired) electrons. The van der Waals surface area contributed by atoms with Crippen molar-refractivity contribution in [1.82, 2.24) is 10.6 Å². The van der Waals surface area contributed by atoms with E-state index in [9.17, 15) is 14.0 Å². The zero-order chi connectivity index (χ0) is 17.5. The van der Waals surface area contributed by atoms with Crippen molar-refractivity contribution in [3.63, 3.8) is 0 Å². The number of hydrogen-bond acceptors (Lipinski definition) is 2. The second-order valence-corrected chi connectivity index (χ2v) is 5.99. The van der Waals surface area contributed by atoms with Crippen LogP contribution in [-0.4, -0.2) is 18.4 Å².